The molecule has 0 aromatic rings. The van der Waals surface area contributed by atoms with Gasteiger partial charge < -0.3 is 189 Å². The fourth-order valence-corrected chi connectivity index (χ4v) is 16.2. The average Bonchev–Trinajstić information content (AvgIpc) is 0.785. The number of carbonyl (C=O) groups excluding carboxylic acids is 1. The van der Waals surface area contributed by atoms with Crippen molar-refractivity contribution in [2.75, 3.05) is 52.8 Å². The first kappa shape index (κ1) is 76.6. The van der Waals surface area contributed by atoms with E-state index in [1.165, 1.54) is 19.3 Å². The molecule has 4 aliphatic carbocycles. The van der Waals surface area contributed by atoms with Gasteiger partial charge in [0.2, 0.25) is 5.91 Å². The van der Waals surface area contributed by atoms with E-state index in [0.717, 1.165) is 37.0 Å². The molecule has 0 spiro atoms. The van der Waals surface area contributed by atoms with Gasteiger partial charge in [-0.2, -0.15) is 0 Å². The molecule has 0 unspecified atom stereocenters. The Bertz CT molecular complexity index is 2190. The molecule has 24 N–H and O–H groups in total. The summed E-state index contributed by atoms with van der Waals surface area (Å²) in [6.45, 7) is -6.75. The quantitative estimate of drug-likeness (QED) is 0.0966. The molecule has 26 rings (SSSR count). The summed E-state index contributed by atoms with van der Waals surface area (Å²) in [6.07, 6.45) is -62.5. The number of hydrogen-bond donors (Lipinski definition) is 24. The van der Waals surface area contributed by atoms with Crippen LogP contribution >= 0.6 is 0 Å². The Hall–Kier alpha value is -2.50. The van der Waals surface area contributed by atoms with Crippen LogP contribution in [0, 0.1) is 23.2 Å². The third kappa shape index (κ3) is 15.2. The molecule has 98 heavy (non-hydrogen) atoms. The minimum atomic E-state index is -2.21. The summed E-state index contributed by atoms with van der Waals surface area (Å²) in [4.78, 5) is 23.8. The summed E-state index contributed by atoms with van der Waals surface area (Å²) in [7, 11) is 0. The first-order valence-corrected chi connectivity index (χ1v) is 32.9. The maximum absolute atomic E-state index is 12.8. The monoisotopic (exact) mass is 1430 g/mol. The molecule has 4 saturated carbocycles. The highest BCUT2D eigenvalue weighted by Crippen LogP contribution is 2.60. The second-order valence-corrected chi connectivity index (χ2v) is 27.6. The largest absolute Gasteiger partial charge is 0.480 e. The molecule has 22 heterocycles. The van der Waals surface area contributed by atoms with Crippen LogP contribution in [0.2, 0.25) is 0 Å². The fraction of sp³-hybridized carbons (Fsp3) is 0.966. The number of carboxylic acids is 1. The molecule has 1 amide bonds. The number of amides is 1. The normalized spacial score (nSPS) is 53.7. The van der Waals surface area contributed by atoms with Gasteiger partial charge in [0.05, 0.1) is 46.2 Å². The Labute approximate surface area is 557 Å². The predicted molar refractivity (Wildman–Crippen MR) is 305 cm³/mol. The van der Waals surface area contributed by atoms with Crippen LogP contribution in [0.25, 0.3) is 0 Å². The summed E-state index contributed by atoms with van der Waals surface area (Å²) >= 11 is 0. The van der Waals surface area contributed by atoms with Gasteiger partial charge in [-0.05, 0) is 62.7 Å². The Morgan fingerprint density at radius 1 is 0.316 bits per heavy atom. The Kier molecular flexibility index (Phi) is 25.1. The molecule has 0 radical (unpaired) electrons. The minimum Gasteiger partial charge on any atom is -0.480 e. The van der Waals surface area contributed by atoms with Crippen LogP contribution in [0.5, 0.6) is 0 Å². The second kappa shape index (κ2) is 32.1. The molecular weight excluding hydrogens is 1330 g/mol. The van der Waals surface area contributed by atoms with Crippen molar-refractivity contribution < 1.29 is 188 Å². The highest BCUT2D eigenvalue weighted by molar-refractivity contribution is 5.84. The van der Waals surface area contributed by atoms with Crippen LogP contribution in [0.4, 0.5) is 0 Å². The lowest BCUT2D eigenvalue weighted by Crippen LogP contribution is -2.68. The lowest BCUT2D eigenvalue weighted by Gasteiger charge is -2.55. The molecule has 564 valence electrons. The van der Waals surface area contributed by atoms with Gasteiger partial charge in [0.1, 0.15) is 177 Å². The Balaban J connectivity index is 0.000000388. The molecular formula is C58H94N2O38. The number of rotatable bonds is 10. The van der Waals surface area contributed by atoms with Crippen molar-refractivity contribution in [1.29, 1.82) is 0 Å². The maximum Gasteiger partial charge on any atom is 0.320 e. The van der Waals surface area contributed by atoms with Crippen molar-refractivity contribution in [2.45, 2.75) is 272 Å². The summed E-state index contributed by atoms with van der Waals surface area (Å²) in [5.41, 5.74) is -0.129. The molecule has 0 aromatic heterocycles. The molecule has 22 aliphatic heterocycles. The summed E-state index contributed by atoms with van der Waals surface area (Å²) in [5.74, 6) is 1.67. The molecule has 22 saturated heterocycles. The molecule has 37 atom stereocenters. The molecule has 18 bridgehead atoms. The smallest absolute Gasteiger partial charge is 0.320 e. The van der Waals surface area contributed by atoms with E-state index < -0.39 is 273 Å². The molecule has 26 aliphatic rings. The number of carbonyl (C=O) groups is 2. The fourth-order valence-electron chi connectivity index (χ4n) is 16.2. The van der Waals surface area contributed by atoms with Crippen LogP contribution in [0.15, 0.2) is 0 Å². The molecule has 0 aromatic carbocycles. The highest BCUT2D eigenvalue weighted by Gasteiger charge is 2.61. The lowest BCUT2D eigenvalue weighted by atomic mass is 9.49. The van der Waals surface area contributed by atoms with Crippen molar-refractivity contribution in [2.24, 2.45) is 23.2 Å². The van der Waals surface area contributed by atoms with Gasteiger partial charge in [0, 0.05) is 18.0 Å². The zero-order valence-corrected chi connectivity index (χ0v) is 52.6. The van der Waals surface area contributed by atoms with E-state index in [-0.39, 0.29) is 17.4 Å². The lowest BCUT2D eigenvalue weighted by molar-refractivity contribution is -0.396. The van der Waals surface area contributed by atoms with Gasteiger partial charge in [-0.3, -0.25) is 9.59 Å². The molecule has 40 heteroatoms. The van der Waals surface area contributed by atoms with E-state index in [4.69, 9.17) is 71.4 Å². The minimum absolute atomic E-state index is 0.0217. The van der Waals surface area contributed by atoms with Crippen LogP contribution in [-0.2, 0) is 75.9 Å². The Morgan fingerprint density at radius 2 is 0.520 bits per heavy atom. The van der Waals surface area contributed by atoms with Crippen molar-refractivity contribution in [1.82, 2.24) is 10.6 Å². The average molecular weight is 1430 g/mol. The number of aliphatic carboxylic acids is 1. The summed E-state index contributed by atoms with van der Waals surface area (Å²) < 4.78 is 79.5. The van der Waals surface area contributed by atoms with Crippen molar-refractivity contribution in [3.05, 3.63) is 0 Å². The summed E-state index contributed by atoms with van der Waals surface area (Å²) in [6, 6.07) is -0.529. The van der Waals surface area contributed by atoms with Crippen LogP contribution in [-0.4, -0.2) is 404 Å². The van der Waals surface area contributed by atoms with E-state index in [1.54, 1.807) is 0 Å². The van der Waals surface area contributed by atoms with Gasteiger partial charge in [0.15, 0.2) is 44.0 Å². The number of aliphatic hydroxyl groups excluding tert-OH is 21. The zero-order valence-electron chi connectivity index (χ0n) is 52.6. The molecule has 26 fully saturated rings. The predicted octanol–water partition coefficient (Wildman–Crippen LogP) is -14.1. The van der Waals surface area contributed by atoms with Crippen molar-refractivity contribution in [3.8, 4) is 0 Å². The SMILES string of the molecule is O=C(O)[C@@H]1C[C@H](NC(=O)C23CC4CC(CC(C4)C2)C3)CN1.OC[C@H]1O[C@@H]2O[C@H]3[C@H](O)[C@@H](O)[C@@H](O[C@H]4[C@H](O)[C@@H](O)[C@@H](O[C@H]5[C@H](O)[C@@H](O)[C@@H](O[C@H]6[C@H](O)[C@@H](O)[C@@H](O[C@H]7[C@H](O)[C@@H](O)[C@@H](O[C@H]8[C@H](O)[C@@H](O)[C@@H](O[C@H]1[C@H](O)[C@H]2O)O[C@@H]8CO)O[C@@H]7CO)O[C@@H]6CO)O[C@@H]5CO)O[C@@H]4CO)O[C@@H]3CO. The second-order valence-electron chi connectivity index (χ2n) is 27.6. The highest BCUT2D eigenvalue weighted by atomic mass is 16.8. The molecule has 40 nitrogen and oxygen atoms in total. The van der Waals surface area contributed by atoms with Gasteiger partial charge in [0.25, 0.3) is 0 Å². The van der Waals surface area contributed by atoms with E-state index >= 15 is 0 Å². The van der Waals surface area contributed by atoms with Gasteiger partial charge in [-0.25, -0.2) is 0 Å². The first-order valence-electron chi connectivity index (χ1n) is 32.9. The number of carboxylic acid groups (broad SMARTS) is 1. The van der Waals surface area contributed by atoms with E-state index in [2.05, 4.69) is 10.6 Å². The number of hydrogen-bond acceptors (Lipinski definition) is 38. The zero-order chi connectivity index (χ0) is 70.7. The van der Waals surface area contributed by atoms with Crippen LogP contribution in [0.1, 0.15) is 44.9 Å². The third-order valence-corrected chi connectivity index (χ3v) is 21.1. The number of ether oxygens (including phenoxy) is 14. The van der Waals surface area contributed by atoms with E-state index in [1.807, 2.05) is 0 Å². The van der Waals surface area contributed by atoms with Gasteiger partial charge >= 0.3 is 5.97 Å². The van der Waals surface area contributed by atoms with E-state index in [0.29, 0.717) is 13.0 Å². The van der Waals surface area contributed by atoms with Gasteiger partial charge in [-0.15, -0.1) is 0 Å². The van der Waals surface area contributed by atoms with Crippen LogP contribution in [0.3, 0.4) is 0 Å². The number of aliphatic hydroxyl groups is 21. The Morgan fingerprint density at radius 3 is 0.694 bits per heavy atom. The topological polar surface area (TPSA) is 632 Å². The maximum atomic E-state index is 12.8. The van der Waals surface area contributed by atoms with Crippen molar-refractivity contribution in [3.63, 3.8) is 0 Å². The summed E-state index contributed by atoms with van der Waals surface area (Å²) in [5, 5.41) is 245. The number of nitrogens with one attached hydrogen (secondary N) is 2. The van der Waals surface area contributed by atoms with E-state index in [9.17, 15) is 117 Å². The van der Waals surface area contributed by atoms with Gasteiger partial charge in [-0.1, -0.05) is 0 Å². The first-order chi connectivity index (χ1) is 46.7. The third-order valence-electron chi connectivity index (χ3n) is 21.1. The standard InChI is InChI=1S/C42H70O35.C16H24N2O3/c43-1-8-29-15(50)22(57)36(64-8)72-30-9(2-44)66-38(24(59)17(30)52)74-32-11(4-46)68-40(26(61)19(32)54)76-34-13(6-48)70-42(28(63)21(34)56)77-35-14(7-49)69-41(27(62)20(35)55)75-33-12(5-47)67-39(25(60)18(33)53)73-31-10(3-45)65-37(71-29)23(58)16(31)51;19-14(20)13-4-12(8-17-13)18-15(21)16-5-9-1-10(6-16)3-11(2-9)7-16/h8-63H,1-7H2;9-13,17H,1-8H2,(H,18,21)(H,19,20)/t8-,9-,10-,11-,12-,13-,14-,15-,16-,17-,18-,19-,20-,21-,22-,23-,24-,25-,26-,27-,28-,29-,30-,31-,32-,33-,34-,35-,36-,37-,38-,39-,40-,41-,42-;9?,10?,11?,12-,13-,16?/m10/s1. The van der Waals surface area contributed by atoms with Crippen molar-refractivity contribution >= 4 is 11.9 Å². The van der Waals surface area contributed by atoms with Crippen LogP contribution < -0.4 is 10.6 Å².